The van der Waals surface area contributed by atoms with Gasteiger partial charge in [-0.25, -0.2) is 9.59 Å². The van der Waals surface area contributed by atoms with E-state index >= 15 is 0 Å². The van der Waals surface area contributed by atoms with Crippen LogP contribution < -0.4 is 10.1 Å². The number of hydrogen-bond donors (Lipinski definition) is 2. The number of benzene rings is 3. The van der Waals surface area contributed by atoms with E-state index in [1.807, 2.05) is 24.3 Å². The first-order chi connectivity index (χ1) is 25.0. The van der Waals surface area contributed by atoms with Gasteiger partial charge in [0.15, 0.2) is 0 Å². The van der Waals surface area contributed by atoms with Gasteiger partial charge in [0.25, 0.3) is 11.4 Å². The molecule has 0 aliphatic carbocycles. The van der Waals surface area contributed by atoms with Crippen LogP contribution in [-0.2, 0) is 33.2 Å². The monoisotopic (exact) mass is 737 g/mol. The lowest BCUT2D eigenvalue weighted by atomic mass is 10.0. The molecule has 0 radical (unpaired) electrons. The molecule has 3 aromatic carbocycles. The molecule has 2 fully saturated rings. The zero-order chi connectivity index (χ0) is 37.2. The molecule has 2 saturated heterocycles. The number of aliphatic hydroxyl groups is 1. The first-order valence-electron chi connectivity index (χ1n) is 16.5. The predicted molar refractivity (Wildman–Crippen MR) is 188 cm³/mol. The van der Waals surface area contributed by atoms with Crippen LogP contribution in [0.4, 0.5) is 21.0 Å². The van der Waals surface area contributed by atoms with Crippen LogP contribution in [0.15, 0.2) is 72.8 Å². The van der Waals surface area contributed by atoms with Crippen molar-refractivity contribution in [2.45, 2.75) is 61.7 Å². The lowest BCUT2D eigenvalue weighted by Gasteiger charge is -2.28. The van der Waals surface area contributed by atoms with Gasteiger partial charge >= 0.3 is 12.2 Å². The average molecular weight is 738 g/mol. The number of non-ortho nitro benzene ring substituents is 2. The Bertz CT molecular complexity index is 1730. The number of aliphatic hydroxyl groups excluding tert-OH is 1. The molecule has 16 nitrogen and oxygen atoms in total. The number of rotatable bonds is 14. The third kappa shape index (κ3) is 10.3. The van der Waals surface area contributed by atoms with Gasteiger partial charge in [-0.1, -0.05) is 12.1 Å². The van der Waals surface area contributed by atoms with Crippen molar-refractivity contribution in [2.24, 2.45) is 0 Å². The van der Waals surface area contributed by atoms with Crippen LogP contribution in [0.3, 0.4) is 0 Å². The number of nitrogens with one attached hydrogen (secondary N) is 1. The summed E-state index contributed by atoms with van der Waals surface area (Å²) >= 11 is 1.63. The molecule has 2 unspecified atom stereocenters. The molecule has 4 atom stereocenters. The first-order valence-corrected chi connectivity index (χ1v) is 17.6. The fourth-order valence-electron chi connectivity index (χ4n) is 6.02. The average Bonchev–Trinajstić information content (AvgIpc) is 3.80. The maximum atomic E-state index is 13.4. The van der Waals surface area contributed by atoms with Gasteiger partial charge in [0.1, 0.15) is 19.0 Å². The molecule has 3 aromatic rings. The summed E-state index contributed by atoms with van der Waals surface area (Å²) in [5.74, 6) is 1.06. The summed E-state index contributed by atoms with van der Waals surface area (Å²) in [6, 6.07) is 17.9. The van der Waals surface area contributed by atoms with Crippen molar-refractivity contribution in [3.05, 3.63) is 110 Å². The molecule has 5 rings (SSSR count). The highest BCUT2D eigenvalue weighted by Crippen LogP contribution is 2.33. The van der Waals surface area contributed by atoms with E-state index in [0.29, 0.717) is 36.3 Å². The van der Waals surface area contributed by atoms with Gasteiger partial charge in [-0.05, 0) is 65.9 Å². The Labute approximate surface area is 303 Å². The number of alkyl carbamates (subject to hydrolysis) is 1. The smallest absolute Gasteiger partial charge is 0.410 e. The number of hydrogen-bond acceptors (Lipinski definition) is 12. The summed E-state index contributed by atoms with van der Waals surface area (Å²) in [6.07, 6.45) is -1.89. The van der Waals surface area contributed by atoms with Gasteiger partial charge < -0.3 is 34.4 Å². The van der Waals surface area contributed by atoms with Crippen LogP contribution in [-0.4, -0.2) is 93.0 Å². The Morgan fingerprint density at radius 2 is 1.46 bits per heavy atom. The van der Waals surface area contributed by atoms with E-state index in [9.17, 15) is 39.7 Å². The number of likely N-dealkylation sites (tertiary alicyclic amines) is 2. The van der Waals surface area contributed by atoms with E-state index < -0.39 is 34.2 Å². The van der Waals surface area contributed by atoms with Crippen LogP contribution in [0.1, 0.15) is 36.0 Å². The number of nitro groups is 2. The summed E-state index contributed by atoms with van der Waals surface area (Å²) < 4.78 is 16.0. The zero-order valence-corrected chi connectivity index (χ0v) is 29.1. The van der Waals surface area contributed by atoms with Gasteiger partial charge in [0.05, 0.1) is 41.6 Å². The lowest BCUT2D eigenvalue weighted by molar-refractivity contribution is -0.385. The molecular formula is C35H39N5O11S. The van der Waals surface area contributed by atoms with Crippen LogP contribution >= 0.6 is 11.8 Å². The molecular weight excluding hydrogens is 698 g/mol. The minimum atomic E-state index is -1.19. The predicted octanol–water partition coefficient (Wildman–Crippen LogP) is 4.80. The van der Waals surface area contributed by atoms with Crippen molar-refractivity contribution in [1.82, 2.24) is 15.1 Å². The summed E-state index contributed by atoms with van der Waals surface area (Å²) in [5.41, 5.74) is 2.04. The number of nitro benzene ring substituents is 2. The standard InChI is InChI=1S/C35H39N5O11S/c1-49-29-12-6-25(7-13-29)22-52-30-16-31(38(19-30)35(44)51-21-24-4-10-28(11-5-24)40(47)48)32(41)17-33(42)37-15-14-26(18-37)36-34(43)50-20-23-2-8-27(9-3-23)39(45)46/h2-13,26,30-32,41H,14-22H2,1H3,(H,36,43)/t26?,30-,31-,32?/m0/s1. The van der Waals surface area contributed by atoms with Gasteiger partial charge in [-0.2, -0.15) is 11.8 Å². The lowest BCUT2D eigenvalue weighted by Crippen LogP contribution is -2.45. The number of ether oxygens (including phenoxy) is 3. The topological polar surface area (TPSA) is 204 Å². The van der Waals surface area contributed by atoms with Gasteiger partial charge in [-0.15, -0.1) is 0 Å². The molecule has 276 valence electrons. The number of methoxy groups -OCH3 is 1. The van der Waals surface area contributed by atoms with Crippen molar-refractivity contribution in [1.29, 1.82) is 0 Å². The maximum Gasteiger partial charge on any atom is 0.410 e. The Balaban J connectivity index is 1.14. The first kappa shape index (κ1) is 37.8. The van der Waals surface area contributed by atoms with Crippen molar-refractivity contribution in [3.8, 4) is 5.75 Å². The van der Waals surface area contributed by atoms with E-state index in [4.69, 9.17) is 14.2 Å². The normalized spacial score (nSPS) is 18.8. The quantitative estimate of drug-likeness (QED) is 0.169. The SMILES string of the molecule is COc1ccc(CS[C@H]2C[C@@H](C(O)CC(=O)N3CCC(NC(=O)OCc4ccc([N+](=O)[O-])cc4)C3)N(C(=O)OCc3ccc([N+](=O)[O-])cc3)C2)cc1. The molecule has 52 heavy (non-hydrogen) atoms. The molecule has 2 aliphatic rings. The minimum Gasteiger partial charge on any atom is -0.497 e. The fourth-order valence-corrected chi connectivity index (χ4v) is 7.24. The van der Waals surface area contributed by atoms with E-state index in [1.165, 1.54) is 53.4 Å². The third-order valence-electron chi connectivity index (χ3n) is 8.90. The number of thioether (sulfide) groups is 1. The Morgan fingerprint density at radius 1 is 0.885 bits per heavy atom. The second kappa shape index (κ2) is 17.7. The van der Waals surface area contributed by atoms with E-state index in [2.05, 4.69) is 5.32 Å². The summed E-state index contributed by atoms with van der Waals surface area (Å²) in [7, 11) is 1.59. The van der Waals surface area contributed by atoms with Crippen molar-refractivity contribution in [3.63, 3.8) is 0 Å². The number of nitrogens with zero attached hydrogens (tertiary/aromatic N) is 4. The van der Waals surface area contributed by atoms with Crippen LogP contribution in [0, 0.1) is 20.2 Å². The maximum absolute atomic E-state index is 13.4. The fraction of sp³-hybridized carbons (Fsp3) is 0.400. The molecule has 0 saturated carbocycles. The van der Waals surface area contributed by atoms with Gasteiger partial charge in [0.2, 0.25) is 5.91 Å². The van der Waals surface area contributed by atoms with Crippen molar-refractivity contribution >= 4 is 41.2 Å². The molecule has 2 aliphatic heterocycles. The molecule has 0 bridgehead atoms. The summed E-state index contributed by atoms with van der Waals surface area (Å²) in [4.78, 5) is 62.8. The van der Waals surface area contributed by atoms with E-state index in [-0.39, 0.29) is 61.3 Å². The summed E-state index contributed by atoms with van der Waals surface area (Å²) in [5, 5.41) is 35.8. The van der Waals surface area contributed by atoms with Crippen molar-refractivity contribution in [2.75, 3.05) is 26.7 Å². The number of carbonyl (C=O) groups excluding carboxylic acids is 3. The number of amides is 3. The van der Waals surface area contributed by atoms with Crippen LogP contribution in [0.2, 0.25) is 0 Å². The molecule has 0 aromatic heterocycles. The highest BCUT2D eigenvalue weighted by Gasteiger charge is 2.42. The zero-order valence-electron chi connectivity index (χ0n) is 28.3. The largest absolute Gasteiger partial charge is 0.497 e. The van der Waals surface area contributed by atoms with Crippen LogP contribution in [0.5, 0.6) is 5.75 Å². The highest BCUT2D eigenvalue weighted by molar-refractivity contribution is 7.99. The molecule has 3 amide bonds. The Morgan fingerprint density at radius 3 is 2.04 bits per heavy atom. The molecule has 2 N–H and O–H groups in total. The van der Waals surface area contributed by atoms with E-state index in [0.717, 1.165) is 11.3 Å². The second-order valence-electron chi connectivity index (χ2n) is 12.5. The Hall–Kier alpha value is -5.42. The molecule has 17 heteroatoms. The third-order valence-corrected chi connectivity index (χ3v) is 10.2. The Kier molecular flexibility index (Phi) is 12.9. The van der Waals surface area contributed by atoms with Gasteiger partial charge in [-0.3, -0.25) is 25.0 Å². The highest BCUT2D eigenvalue weighted by atomic mass is 32.2. The minimum absolute atomic E-state index is 0.0545. The van der Waals surface area contributed by atoms with Crippen molar-refractivity contribution < 1.29 is 43.5 Å². The van der Waals surface area contributed by atoms with Gasteiger partial charge in [0, 0.05) is 54.9 Å². The number of carbonyl (C=O) groups is 3. The van der Waals surface area contributed by atoms with E-state index in [1.54, 1.807) is 23.8 Å². The molecule has 2 heterocycles. The summed E-state index contributed by atoms with van der Waals surface area (Å²) in [6.45, 7) is 0.638. The molecule has 0 spiro atoms. The van der Waals surface area contributed by atoms with Crippen LogP contribution in [0.25, 0.3) is 0 Å². The second-order valence-corrected chi connectivity index (χ2v) is 13.7.